The second-order valence-corrected chi connectivity index (χ2v) is 9.90. The summed E-state index contributed by atoms with van der Waals surface area (Å²) >= 11 is 9.75. The highest BCUT2D eigenvalue weighted by Crippen LogP contribution is 2.38. The van der Waals surface area contributed by atoms with Crippen LogP contribution in [-0.2, 0) is 6.42 Å². The van der Waals surface area contributed by atoms with Crippen LogP contribution in [0.1, 0.15) is 27.8 Å². The molecule has 0 saturated heterocycles. The Labute approximate surface area is 221 Å². The first kappa shape index (κ1) is 24.1. The quantitative estimate of drug-likeness (QED) is 0.212. The summed E-state index contributed by atoms with van der Waals surface area (Å²) in [4.78, 5) is 9.01. The number of aliphatic imine (C=N–C) groups is 1. The molecule has 0 fully saturated rings. The van der Waals surface area contributed by atoms with Gasteiger partial charge in [0.1, 0.15) is 17.0 Å². The van der Waals surface area contributed by atoms with Crippen LogP contribution in [0.25, 0.3) is 22.6 Å². The Morgan fingerprint density at radius 2 is 1.75 bits per heavy atom. The third-order valence-corrected chi connectivity index (χ3v) is 7.07. The summed E-state index contributed by atoms with van der Waals surface area (Å²) in [5.41, 5.74) is 6.81. The molecule has 0 spiro atoms. The number of phenolic OH excluding ortho intramolecular Hbond substituents is 2. The molecule has 1 heterocycles. The number of halogens is 2. The predicted octanol–water partition coefficient (Wildman–Crippen LogP) is 8.28. The standard InChI is InChI=1S/C29H22BrClN2O3/c1-16-10-25-26(11-17(16)2)36-29(33-25)21-7-5-9-24(28(21)35)32-15-20-13-18(14-22(30)27(20)34)12-19-6-3-4-8-23(19)31/h3-11,13-15,34-35H,12H2,1-2H3. The van der Waals surface area contributed by atoms with Crippen LogP contribution in [0.5, 0.6) is 11.5 Å². The maximum absolute atomic E-state index is 11.0. The number of aryl methyl sites for hydroxylation is 2. The number of aromatic nitrogens is 1. The van der Waals surface area contributed by atoms with E-state index >= 15 is 0 Å². The van der Waals surface area contributed by atoms with Crippen molar-refractivity contribution in [3.63, 3.8) is 0 Å². The minimum atomic E-state index is -0.0560. The van der Waals surface area contributed by atoms with E-state index in [1.165, 1.54) is 6.21 Å². The van der Waals surface area contributed by atoms with Crippen molar-refractivity contribution in [1.82, 2.24) is 4.98 Å². The Bertz CT molecular complexity index is 1600. The predicted molar refractivity (Wildman–Crippen MR) is 148 cm³/mol. The number of hydrogen-bond acceptors (Lipinski definition) is 5. The van der Waals surface area contributed by atoms with Crippen molar-refractivity contribution in [3.05, 3.63) is 104 Å². The molecule has 4 aromatic carbocycles. The van der Waals surface area contributed by atoms with Crippen LogP contribution in [0.3, 0.4) is 0 Å². The summed E-state index contributed by atoms with van der Waals surface area (Å²) in [5.74, 6) is 0.318. The second-order valence-electron chi connectivity index (χ2n) is 8.64. The molecule has 180 valence electrons. The normalized spacial score (nSPS) is 11.6. The van der Waals surface area contributed by atoms with Crippen LogP contribution in [0.4, 0.5) is 5.69 Å². The number of para-hydroxylation sites is 1. The molecule has 0 saturated carbocycles. The van der Waals surface area contributed by atoms with Gasteiger partial charge in [0.2, 0.25) is 5.89 Å². The smallest absolute Gasteiger partial charge is 0.231 e. The first-order valence-electron chi connectivity index (χ1n) is 11.3. The van der Waals surface area contributed by atoms with Crippen molar-refractivity contribution >= 4 is 50.5 Å². The zero-order valence-electron chi connectivity index (χ0n) is 19.6. The lowest BCUT2D eigenvalue weighted by atomic mass is 10.0. The van der Waals surface area contributed by atoms with Gasteiger partial charge in [0, 0.05) is 16.8 Å². The topological polar surface area (TPSA) is 78.9 Å². The van der Waals surface area contributed by atoms with Gasteiger partial charge in [0.05, 0.1) is 10.0 Å². The van der Waals surface area contributed by atoms with Crippen LogP contribution < -0.4 is 0 Å². The van der Waals surface area contributed by atoms with E-state index in [9.17, 15) is 10.2 Å². The fourth-order valence-electron chi connectivity index (χ4n) is 3.98. The zero-order valence-corrected chi connectivity index (χ0v) is 21.9. The fourth-order valence-corrected chi connectivity index (χ4v) is 4.71. The van der Waals surface area contributed by atoms with Crippen LogP contribution in [0, 0.1) is 13.8 Å². The first-order chi connectivity index (χ1) is 17.3. The average molecular weight is 562 g/mol. The van der Waals surface area contributed by atoms with Crippen LogP contribution in [-0.4, -0.2) is 21.4 Å². The summed E-state index contributed by atoms with van der Waals surface area (Å²) in [6.07, 6.45) is 2.12. The van der Waals surface area contributed by atoms with Gasteiger partial charge in [-0.25, -0.2) is 4.98 Å². The van der Waals surface area contributed by atoms with E-state index in [4.69, 9.17) is 16.0 Å². The van der Waals surface area contributed by atoms with Gasteiger partial charge in [-0.1, -0.05) is 35.9 Å². The van der Waals surface area contributed by atoms with Crippen molar-refractivity contribution in [1.29, 1.82) is 0 Å². The molecule has 0 aliphatic carbocycles. The number of oxazole rings is 1. The number of nitrogens with zero attached hydrogens (tertiary/aromatic N) is 2. The van der Waals surface area contributed by atoms with Gasteiger partial charge >= 0.3 is 0 Å². The molecule has 7 heteroatoms. The van der Waals surface area contributed by atoms with E-state index in [2.05, 4.69) is 25.9 Å². The van der Waals surface area contributed by atoms with E-state index < -0.39 is 0 Å². The van der Waals surface area contributed by atoms with Crippen molar-refractivity contribution in [2.45, 2.75) is 20.3 Å². The SMILES string of the molecule is Cc1cc2nc(-c3cccc(N=Cc4cc(Cc5ccccc5Cl)cc(Br)c4O)c3O)oc2cc1C. The molecule has 0 radical (unpaired) electrons. The van der Waals surface area contributed by atoms with Gasteiger partial charge in [-0.2, -0.15) is 0 Å². The lowest BCUT2D eigenvalue weighted by Crippen LogP contribution is -1.93. The van der Waals surface area contributed by atoms with Gasteiger partial charge in [-0.3, -0.25) is 4.99 Å². The largest absolute Gasteiger partial charge is 0.506 e. The molecule has 0 atom stereocenters. The fraction of sp³-hybridized carbons (Fsp3) is 0.103. The number of fused-ring (bicyclic) bond motifs is 1. The molecule has 5 nitrogen and oxygen atoms in total. The Morgan fingerprint density at radius 1 is 0.972 bits per heavy atom. The molecule has 1 aromatic heterocycles. The van der Waals surface area contributed by atoms with Crippen molar-refractivity contribution < 1.29 is 14.6 Å². The van der Waals surface area contributed by atoms with E-state index in [0.717, 1.165) is 27.8 Å². The third kappa shape index (κ3) is 4.74. The zero-order chi connectivity index (χ0) is 25.4. The van der Waals surface area contributed by atoms with Crippen LogP contribution in [0.15, 0.2) is 80.6 Å². The molecule has 0 amide bonds. The second kappa shape index (κ2) is 9.80. The highest BCUT2D eigenvalue weighted by Gasteiger charge is 2.16. The van der Waals surface area contributed by atoms with Gasteiger partial charge < -0.3 is 14.6 Å². The number of rotatable bonds is 5. The minimum Gasteiger partial charge on any atom is -0.506 e. The molecule has 5 rings (SSSR count). The summed E-state index contributed by atoms with van der Waals surface area (Å²) in [6, 6.07) is 20.4. The summed E-state index contributed by atoms with van der Waals surface area (Å²) in [6.45, 7) is 4.04. The average Bonchev–Trinajstić information content (AvgIpc) is 3.25. The molecule has 0 bridgehead atoms. The Balaban J connectivity index is 1.48. The molecule has 0 unspecified atom stereocenters. The highest BCUT2D eigenvalue weighted by atomic mass is 79.9. The van der Waals surface area contributed by atoms with E-state index in [-0.39, 0.29) is 11.5 Å². The van der Waals surface area contributed by atoms with E-state index in [1.54, 1.807) is 18.2 Å². The third-order valence-electron chi connectivity index (χ3n) is 6.10. The van der Waals surface area contributed by atoms with Gasteiger partial charge in [-0.05, 0) is 101 Å². The van der Waals surface area contributed by atoms with Crippen molar-refractivity contribution in [2.75, 3.05) is 0 Å². The lowest BCUT2D eigenvalue weighted by molar-refractivity contribution is 0.470. The number of benzene rings is 4. The number of phenols is 2. The van der Waals surface area contributed by atoms with E-state index in [0.29, 0.717) is 44.2 Å². The molecule has 0 aliphatic rings. The first-order valence-corrected chi connectivity index (χ1v) is 12.5. The van der Waals surface area contributed by atoms with Crippen molar-refractivity contribution in [3.8, 4) is 23.0 Å². The van der Waals surface area contributed by atoms with Crippen molar-refractivity contribution in [2.24, 2.45) is 4.99 Å². The minimum absolute atomic E-state index is 0.0560. The molecular weight excluding hydrogens is 540 g/mol. The van der Waals surface area contributed by atoms with Gasteiger partial charge in [0.25, 0.3) is 0 Å². The molecule has 2 N–H and O–H groups in total. The lowest BCUT2D eigenvalue weighted by Gasteiger charge is -2.09. The molecule has 0 aliphatic heterocycles. The molecular formula is C29H22BrClN2O3. The Morgan fingerprint density at radius 3 is 2.56 bits per heavy atom. The van der Waals surface area contributed by atoms with Gasteiger partial charge in [0.15, 0.2) is 11.3 Å². The van der Waals surface area contributed by atoms with Crippen LogP contribution >= 0.6 is 27.5 Å². The Hall–Kier alpha value is -3.61. The molecule has 36 heavy (non-hydrogen) atoms. The number of hydrogen-bond donors (Lipinski definition) is 2. The number of aromatic hydroxyl groups is 2. The highest BCUT2D eigenvalue weighted by molar-refractivity contribution is 9.10. The summed E-state index contributed by atoms with van der Waals surface area (Å²) in [5, 5.41) is 22.2. The maximum atomic E-state index is 11.0. The van der Waals surface area contributed by atoms with Crippen LogP contribution in [0.2, 0.25) is 5.02 Å². The maximum Gasteiger partial charge on any atom is 0.231 e. The summed E-state index contributed by atoms with van der Waals surface area (Å²) < 4.78 is 6.47. The molecule has 5 aromatic rings. The van der Waals surface area contributed by atoms with Gasteiger partial charge in [-0.15, -0.1) is 0 Å². The monoisotopic (exact) mass is 560 g/mol. The summed E-state index contributed by atoms with van der Waals surface area (Å²) in [7, 11) is 0. The van der Waals surface area contributed by atoms with E-state index in [1.807, 2.05) is 62.4 Å². The Kier molecular flexibility index (Phi) is 6.56.